The maximum atomic E-state index is 14.3. The van der Waals surface area contributed by atoms with E-state index in [2.05, 4.69) is 0 Å². The van der Waals surface area contributed by atoms with Crippen LogP contribution in [0.1, 0.15) is 46.2 Å². The van der Waals surface area contributed by atoms with Crippen molar-refractivity contribution >= 4 is 44.5 Å². The number of esters is 2. The Morgan fingerprint density at radius 3 is 1.96 bits per heavy atom. The molecule has 0 radical (unpaired) electrons. The van der Waals surface area contributed by atoms with Crippen LogP contribution in [-0.4, -0.2) is 35.3 Å². The summed E-state index contributed by atoms with van der Waals surface area (Å²) < 4.78 is 26.7. The highest BCUT2D eigenvalue weighted by molar-refractivity contribution is 6.04. The van der Waals surface area contributed by atoms with Crippen molar-refractivity contribution in [3.8, 4) is 11.5 Å². The number of carbonyl (C=O) groups is 2. The summed E-state index contributed by atoms with van der Waals surface area (Å²) in [6.45, 7) is 3.54. The number of carbonyl (C=O) groups excluding carboxylic acids is 2. The van der Waals surface area contributed by atoms with Gasteiger partial charge < -0.3 is 23.5 Å². The number of aryl methyl sites for hydroxylation is 1. The molecule has 2 unspecified atom stereocenters. The molecular weight excluding hydrogens is 582 g/mol. The number of ether oxygens (including phenoxy) is 4. The third-order valence-corrected chi connectivity index (χ3v) is 8.62. The Morgan fingerprint density at radius 2 is 1.35 bits per heavy atom. The molecule has 8 heteroatoms. The molecule has 7 rings (SSSR count). The molecule has 0 bridgehead atoms. The summed E-state index contributed by atoms with van der Waals surface area (Å²) in [4.78, 5) is 41.6. The molecule has 0 saturated carbocycles. The minimum atomic E-state index is -1.16. The van der Waals surface area contributed by atoms with E-state index in [-0.39, 0.29) is 5.43 Å². The Kier molecular flexibility index (Phi) is 7.00. The fourth-order valence-electron chi connectivity index (χ4n) is 6.37. The van der Waals surface area contributed by atoms with Gasteiger partial charge in [-0.1, -0.05) is 60.7 Å². The zero-order valence-electron chi connectivity index (χ0n) is 25.8. The SMILES string of the molecule is COc1cc2c(c3c1c(=O)c1cc4ccccc4cc1n3C)C(OC(=O)c1ccccc1)C(OC(=O)c1ccccc1)C(C)(C)O2. The van der Waals surface area contributed by atoms with Gasteiger partial charge in [0.15, 0.2) is 12.2 Å². The molecule has 1 aliphatic rings. The predicted octanol–water partition coefficient (Wildman–Crippen LogP) is 7.15. The van der Waals surface area contributed by atoms with Crippen molar-refractivity contribution in [2.24, 2.45) is 7.05 Å². The number of benzene rings is 5. The van der Waals surface area contributed by atoms with Crippen LogP contribution < -0.4 is 14.9 Å². The van der Waals surface area contributed by atoms with E-state index in [0.717, 1.165) is 10.8 Å². The Morgan fingerprint density at radius 1 is 0.783 bits per heavy atom. The molecule has 8 nitrogen and oxygen atoms in total. The van der Waals surface area contributed by atoms with Gasteiger partial charge in [0.1, 0.15) is 17.1 Å². The van der Waals surface area contributed by atoms with Crippen LogP contribution in [0.2, 0.25) is 0 Å². The Hall–Kier alpha value is -5.63. The van der Waals surface area contributed by atoms with Gasteiger partial charge in [0, 0.05) is 18.5 Å². The normalized spacial score (nSPS) is 16.9. The van der Waals surface area contributed by atoms with Crippen LogP contribution in [0.25, 0.3) is 32.6 Å². The molecule has 0 N–H and O–H groups in total. The third kappa shape index (κ3) is 4.74. The van der Waals surface area contributed by atoms with Crippen LogP contribution >= 0.6 is 0 Å². The Labute approximate surface area is 264 Å². The second-order valence-electron chi connectivity index (χ2n) is 11.9. The molecule has 46 heavy (non-hydrogen) atoms. The topological polar surface area (TPSA) is 93.1 Å². The molecule has 230 valence electrons. The van der Waals surface area contributed by atoms with Crippen molar-refractivity contribution in [2.75, 3.05) is 7.11 Å². The van der Waals surface area contributed by atoms with Gasteiger partial charge in [-0.2, -0.15) is 0 Å². The first kappa shape index (κ1) is 29.1. The maximum absolute atomic E-state index is 14.3. The van der Waals surface area contributed by atoms with Gasteiger partial charge in [-0.05, 0) is 61.0 Å². The average molecular weight is 614 g/mol. The van der Waals surface area contributed by atoms with E-state index in [0.29, 0.717) is 50.0 Å². The quantitative estimate of drug-likeness (QED) is 0.151. The molecule has 0 aliphatic carbocycles. The predicted molar refractivity (Wildman–Crippen MR) is 176 cm³/mol. The summed E-state index contributed by atoms with van der Waals surface area (Å²) in [7, 11) is 3.34. The second kappa shape index (κ2) is 11.1. The highest BCUT2D eigenvalue weighted by Crippen LogP contribution is 2.49. The van der Waals surface area contributed by atoms with Crippen LogP contribution in [0.5, 0.6) is 11.5 Å². The number of methoxy groups -OCH3 is 1. The number of rotatable bonds is 5. The second-order valence-corrected chi connectivity index (χ2v) is 11.9. The highest BCUT2D eigenvalue weighted by atomic mass is 16.6. The lowest BCUT2D eigenvalue weighted by atomic mass is 9.86. The standard InChI is InChI=1S/C38H31NO7/c1-38(2)35(45-37(42)23-15-9-6-10-16-23)34(44-36(41)22-13-7-5-8-14-22)31-29(46-38)21-28(43-4)30-32(31)39(3)27-20-25-18-12-11-17-24(25)19-26(27)33(30)40/h5-21,34-35H,1-4H3. The van der Waals surface area contributed by atoms with E-state index in [1.54, 1.807) is 80.6 Å². The molecule has 6 aromatic rings. The fraction of sp³-hybridized carbons (Fsp3) is 0.184. The van der Waals surface area contributed by atoms with Gasteiger partial charge in [-0.15, -0.1) is 0 Å². The summed E-state index contributed by atoms with van der Waals surface area (Å²) in [6, 6.07) is 30.5. The van der Waals surface area contributed by atoms with Crippen molar-refractivity contribution in [3.05, 3.63) is 130 Å². The van der Waals surface area contributed by atoms with E-state index in [9.17, 15) is 14.4 Å². The van der Waals surface area contributed by atoms with E-state index in [1.807, 2.05) is 48.0 Å². The lowest BCUT2D eigenvalue weighted by Gasteiger charge is -2.43. The van der Waals surface area contributed by atoms with Gasteiger partial charge in [-0.3, -0.25) is 4.79 Å². The minimum absolute atomic E-state index is 0.246. The van der Waals surface area contributed by atoms with Crippen LogP contribution in [0.15, 0.2) is 108 Å². The van der Waals surface area contributed by atoms with Gasteiger partial charge in [0.05, 0.1) is 40.2 Å². The fourth-order valence-corrected chi connectivity index (χ4v) is 6.37. The van der Waals surface area contributed by atoms with E-state index >= 15 is 0 Å². The monoisotopic (exact) mass is 613 g/mol. The molecule has 1 aromatic heterocycles. The molecular formula is C38H31NO7. The minimum Gasteiger partial charge on any atom is -0.496 e. The number of fused-ring (bicyclic) bond motifs is 5. The molecule has 0 amide bonds. The smallest absolute Gasteiger partial charge is 0.338 e. The molecule has 0 spiro atoms. The van der Waals surface area contributed by atoms with Crippen LogP contribution in [0.4, 0.5) is 0 Å². The molecule has 1 aliphatic heterocycles. The number of hydrogen-bond acceptors (Lipinski definition) is 7. The zero-order valence-corrected chi connectivity index (χ0v) is 25.8. The van der Waals surface area contributed by atoms with Crippen LogP contribution in [0.3, 0.4) is 0 Å². The number of pyridine rings is 1. The number of aromatic nitrogens is 1. The summed E-state index contributed by atoms with van der Waals surface area (Å²) in [6.07, 6.45) is -2.25. The average Bonchev–Trinajstić information content (AvgIpc) is 3.07. The summed E-state index contributed by atoms with van der Waals surface area (Å²) in [5.74, 6) is -0.554. The van der Waals surface area contributed by atoms with Gasteiger partial charge in [-0.25, -0.2) is 9.59 Å². The Balaban J connectivity index is 1.52. The van der Waals surface area contributed by atoms with Crippen LogP contribution in [0, 0.1) is 0 Å². The summed E-state index contributed by atoms with van der Waals surface area (Å²) in [5, 5.41) is 2.69. The summed E-state index contributed by atoms with van der Waals surface area (Å²) >= 11 is 0. The van der Waals surface area contributed by atoms with Gasteiger partial charge in [0.25, 0.3) is 0 Å². The van der Waals surface area contributed by atoms with Crippen molar-refractivity contribution in [1.29, 1.82) is 0 Å². The number of hydrogen-bond donors (Lipinski definition) is 0. The highest BCUT2D eigenvalue weighted by Gasteiger charge is 2.50. The van der Waals surface area contributed by atoms with Crippen molar-refractivity contribution in [1.82, 2.24) is 4.57 Å². The first-order valence-corrected chi connectivity index (χ1v) is 14.9. The molecule has 2 heterocycles. The van der Waals surface area contributed by atoms with Crippen LogP contribution in [-0.2, 0) is 16.5 Å². The van der Waals surface area contributed by atoms with E-state index in [1.165, 1.54) is 7.11 Å². The first-order chi connectivity index (χ1) is 22.2. The maximum Gasteiger partial charge on any atom is 0.338 e. The van der Waals surface area contributed by atoms with E-state index < -0.39 is 29.7 Å². The Bertz CT molecular complexity index is 2220. The van der Waals surface area contributed by atoms with Crippen molar-refractivity contribution < 1.29 is 28.5 Å². The lowest BCUT2D eigenvalue weighted by Crippen LogP contribution is -2.52. The van der Waals surface area contributed by atoms with E-state index in [4.69, 9.17) is 18.9 Å². The zero-order chi connectivity index (χ0) is 32.2. The molecule has 0 saturated heterocycles. The first-order valence-electron chi connectivity index (χ1n) is 14.9. The van der Waals surface area contributed by atoms with Gasteiger partial charge in [0.2, 0.25) is 5.43 Å². The van der Waals surface area contributed by atoms with Crippen molar-refractivity contribution in [3.63, 3.8) is 0 Å². The third-order valence-electron chi connectivity index (χ3n) is 8.62. The molecule has 2 atom stereocenters. The number of nitrogens with zero attached hydrogens (tertiary/aromatic N) is 1. The van der Waals surface area contributed by atoms with Crippen molar-refractivity contribution in [2.45, 2.75) is 31.7 Å². The molecule has 0 fully saturated rings. The van der Waals surface area contributed by atoms with Gasteiger partial charge >= 0.3 is 11.9 Å². The summed E-state index contributed by atoms with van der Waals surface area (Å²) in [5.41, 5.74) is 0.770. The lowest BCUT2D eigenvalue weighted by molar-refractivity contribution is -0.122. The largest absolute Gasteiger partial charge is 0.496 e. The molecule has 5 aromatic carbocycles.